The maximum Gasteiger partial charge on any atom is 0.0589 e. The molecule has 0 aliphatic rings. The second kappa shape index (κ2) is 9.96. The van der Waals surface area contributed by atoms with Crippen LogP contribution in [0.3, 0.4) is 0 Å². The smallest absolute Gasteiger partial charge is 0.0589 e. The number of rotatable bonds is 10. The summed E-state index contributed by atoms with van der Waals surface area (Å²) in [6.45, 7) is 10.3. The highest BCUT2D eigenvalue weighted by atomic mass is 16.5. The fourth-order valence-electron chi connectivity index (χ4n) is 2.08. The predicted molar refractivity (Wildman–Crippen MR) is 81.3 cm³/mol. The summed E-state index contributed by atoms with van der Waals surface area (Å²) in [4.78, 5) is 2.40. The van der Waals surface area contributed by atoms with Gasteiger partial charge in [-0.25, -0.2) is 0 Å². The number of nitrogens with zero attached hydrogens (tertiary/aromatic N) is 1. The first-order chi connectivity index (χ1) is 9.30. The molecular formula is C16H28N2O. The summed E-state index contributed by atoms with van der Waals surface area (Å²) < 4.78 is 5.15. The second-order valence-electron chi connectivity index (χ2n) is 4.86. The highest BCUT2D eigenvalue weighted by molar-refractivity contribution is 5.23. The molecule has 0 saturated carbocycles. The van der Waals surface area contributed by atoms with Gasteiger partial charge in [0, 0.05) is 26.7 Å². The molecule has 0 bridgehead atoms. The maximum absolute atomic E-state index is 5.15. The van der Waals surface area contributed by atoms with Crippen LogP contribution in [-0.2, 0) is 17.8 Å². The first kappa shape index (κ1) is 16.2. The van der Waals surface area contributed by atoms with Gasteiger partial charge in [0.15, 0.2) is 0 Å². The lowest BCUT2D eigenvalue weighted by Gasteiger charge is -2.20. The van der Waals surface area contributed by atoms with Crippen molar-refractivity contribution in [3.8, 4) is 0 Å². The van der Waals surface area contributed by atoms with Gasteiger partial charge in [-0.3, -0.25) is 4.90 Å². The van der Waals surface area contributed by atoms with Crippen molar-refractivity contribution in [2.45, 2.75) is 33.4 Å². The standard InChI is InChI=1S/C16H28N2O/c1-4-9-17-13-15-7-6-8-16(12-15)14-18(5-2)10-11-19-3/h6-8,12,17H,4-5,9-11,13-14H2,1-3H3. The molecule has 0 atom stereocenters. The van der Waals surface area contributed by atoms with E-state index in [0.29, 0.717) is 0 Å². The Balaban J connectivity index is 2.49. The van der Waals surface area contributed by atoms with Gasteiger partial charge < -0.3 is 10.1 Å². The van der Waals surface area contributed by atoms with Crippen LogP contribution >= 0.6 is 0 Å². The Hall–Kier alpha value is -0.900. The van der Waals surface area contributed by atoms with Gasteiger partial charge in [0.05, 0.1) is 6.61 Å². The Bertz CT molecular complexity index is 341. The van der Waals surface area contributed by atoms with E-state index in [2.05, 4.69) is 48.3 Å². The summed E-state index contributed by atoms with van der Waals surface area (Å²) in [6.07, 6.45) is 1.18. The highest BCUT2D eigenvalue weighted by Crippen LogP contribution is 2.08. The molecule has 1 rings (SSSR count). The van der Waals surface area contributed by atoms with Crippen LogP contribution in [0.1, 0.15) is 31.4 Å². The lowest BCUT2D eigenvalue weighted by Crippen LogP contribution is -2.26. The van der Waals surface area contributed by atoms with Crippen LogP contribution in [0, 0.1) is 0 Å². The van der Waals surface area contributed by atoms with Crippen molar-refractivity contribution in [3.63, 3.8) is 0 Å². The lowest BCUT2D eigenvalue weighted by molar-refractivity contribution is 0.147. The minimum atomic E-state index is 0.797. The molecule has 3 nitrogen and oxygen atoms in total. The number of ether oxygens (including phenoxy) is 1. The highest BCUT2D eigenvalue weighted by Gasteiger charge is 2.04. The zero-order chi connectivity index (χ0) is 13.9. The van der Waals surface area contributed by atoms with E-state index >= 15 is 0 Å². The molecule has 0 aliphatic heterocycles. The van der Waals surface area contributed by atoms with E-state index in [1.807, 2.05) is 0 Å². The zero-order valence-electron chi connectivity index (χ0n) is 12.6. The molecule has 1 N–H and O–H groups in total. The van der Waals surface area contributed by atoms with Gasteiger partial charge in [-0.1, -0.05) is 38.1 Å². The first-order valence-electron chi connectivity index (χ1n) is 7.30. The number of nitrogens with one attached hydrogen (secondary N) is 1. The molecule has 19 heavy (non-hydrogen) atoms. The summed E-state index contributed by atoms with van der Waals surface area (Å²) >= 11 is 0. The van der Waals surface area contributed by atoms with Crippen LogP contribution in [0.2, 0.25) is 0 Å². The molecule has 0 fully saturated rings. The predicted octanol–water partition coefficient (Wildman–Crippen LogP) is 2.65. The monoisotopic (exact) mass is 264 g/mol. The van der Waals surface area contributed by atoms with Gasteiger partial charge in [-0.2, -0.15) is 0 Å². The zero-order valence-corrected chi connectivity index (χ0v) is 12.6. The van der Waals surface area contributed by atoms with Crippen molar-refractivity contribution in [3.05, 3.63) is 35.4 Å². The van der Waals surface area contributed by atoms with Gasteiger partial charge in [0.1, 0.15) is 0 Å². The van der Waals surface area contributed by atoms with Crippen LogP contribution in [0.4, 0.5) is 0 Å². The minimum Gasteiger partial charge on any atom is -0.383 e. The Morgan fingerprint density at radius 2 is 2.00 bits per heavy atom. The summed E-state index contributed by atoms with van der Waals surface area (Å²) in [5.74, 6) is 0. The molecule has 0 aromatic heterocycles. The maximum atomic E-state index is 5.15. The molecule has 0 heterocycles. The summed E-state index contributed by atoms with van der Waals surface area (Å²) in [5, 5.41) is 3.45. The molecule has 0 saturated heterocycles. The third-order valence-electron chi connectivity index (χ3n) is 3.21. The molecule has 0 radical (unpaired) electrons. The van der Waals surface area contributed by atoms with E-state index in [-0.39, 0.29) is 0 Å². The van der Waals surface area contributed by atoms with Crippen LogP contribution in [0.5, 0.6) is 0 Å². The normalized spacial score (nSPS) is 11.2. The largest absolute Gasteiger partial charge is 0.383 e. The molecule has 1 aromatic rings. The summed E-state index contributed by atoms with van der Waals surface area (Å²) in [5.41, 5.74) is 2.75. The number of benzene rings is 1. The quantitative estimate of drug-likeness (QED) is 0.658. The molecule has 0 amide bonds. The van der Waals surface area contributed by atoms with Crippen molar-refractivity contribution >= 4 is 0 Å². The van der Waals surface area contributed by atoms with E-state index in [0.717, 1.165) is 39.3 Å². The molecule has 1 aromatic carbocycles. The van der Waals surface area contributed by atoms with Crippen LogP contribution in [0.25, 0.3) is 0 Å². The van der Waals surface area contributed by atoms with E-state index < -0.39 is 0 Å². The third-order valence-corrected chi connectivity index (χ3v) is 3.21. The average Bonchev–Trinajstić information content (AvgIpc) is 2.44. The Morgan fingerprint density at radius 1 is 1.21 bits per heavy atom. The van der Waals surface area contributed by atoms with Crippen LogP contribution in [0.15, 0.2) is 24.3 Å². The van der Waals surface area contributed by atoms with Crippen LogP contribution in [-0.4, -0.2) is 38.3 Å². The van der Waals surface area contributed by atoms with Crippen molar-refractivity contribution < 1.29 is 4.74 Å². The fraction of sp³-hybridized carbons (Fsp3) is 0.625. The number of methoxy groups -OCH3 is 1. The SMILES string of the molecule is CCCNCc1cccc(CN(CC)CCOC)c1. The Morgan fingerprint density at radius 3 is 2.68 bits per heavy atom. The molecule has 0 spiro atoms. The van der Waals surface area contributed by atoms with Gasteiger partial charge in [-0.15, -0.1) is 0 Å². The topological polar surface area (TPSA) is 24.5 Å². The molecular weight excluding hydrogens is 236 g/mol. The first-order valence-corrected chi connectivity index (χ1v) is 7.30. The number of hydrogen-bond acceptors (Lipinski definition) is 3. The fourth-order valence-corrected chi connectivity index (χ4v) is 2.08. The van der Waals surface area contributed by atoms with E-state index in [1.54, 1.807) is 7.11 Å². The number of likely N-dealkylation sites (N-methyl/N-ethyl adjacent to an activating group) is 1. The van der Waals surface area contributed by atoms with Crippen molar-refractivity contribution in [1.29, 1.82) is 0 Å². The lowest BCUT2D eigenvalue weighted by atomic mass is 10.1. The van der Waals surface area contributed by atoms with Crippen molar-refractivity contribution in [1.82, 2.24) is 10.2 Å². The number of hydrogen-bond donors (Lipinski definition) is 1. The summed E-state index contributed by atoms with van der Waals surface area (Å²) in [7, 11) is 1.76. The average molecular weight is 264 g/mol. The van der Waals surface area contributed by atoms with E-state index in [1.165, 1.54) is 17.5 Å². The molecule has 3 heteroatoms. The van der Waals surface area contributed by atoms with Gasteiger partial charge in [0.25, 0.3) is 0 Å². The van der Waals surface area contributed by atoms with Crippen molar-refractivity contribution in [2.24, 2.45) is 0 Å². The summed E-state index contributed by atoms with van der Waals surface area (Å²) in [6, 6.07) is 8.86. The van der Waals surface area contributed by atoms with Gasteiger partial charge in [-0.05, 0) is 30.6 Å². The van der Waals surface area contributed by atoms with E-state index in [9.17, 15) is 0 Å². The molecule has 108 valence electrons. The van der Waals surface area contributed by atoms with Gasteiger partial charge in [0.2, 0.25) is 0 Å². The Kier molecular flexibility index (Phi) is 8.47. The Labute approximate surface area is 118 Å². The van der Waals surface area contributed by atoms with Crippen molar-refractivity contribution in [2.75, 3.05) is 33.4 Å². The van der Waals surface area contributed by atoms with Crippen LogP contribution < -0.4 is 5.32 Å². The molecule has 0 unspecified atom stereocenters. The molecule has 0 aliphatic carbocycles. The van der Waals surface area contributed by atoms with Gasteiger partial charge >= 0.3 is 0 Å². The third kappa shape index (κ3) is 6.71. The second-order valence-corrected chi connectivity index (χ2v) is 4.86. The van der Waals surface area contributed by atoms with E-state index in [4.69, 9.17) is 4.74 Å². The minimum absolute atomic E-state index is 0.797.